The molecule has 0 bridgehead atoms. The van der Waals surface area contributed by atoms with E-state index in [0.717, 1.165) is 12.8 Å². The van der Waals surface area contributed by atoms with Crippen molar-refractivity contribution in [3.63, 3.8) is 0 Å². The molecule has 0 nitrogen and oxygen atoms in total. The summed E-state index contributed by atoms with van der Waals surface area (Å²) >= 11 is 0. The van der Waals surface area contributed by atoms with Crippen LogP contribution in [0.3, 0.4) is 0 Å². The summed E-state index contributed by atoms with van der Waals surface area (Å²) in [6.07, 6.45) is 4.52. The Bertz CT molecular complexity index is 2370. The van der Waals surface area contributed by atoms with E-state index in [2.05, 4.69) is 133 Å². The van der Waals surface area contributed by atoms with E-state index in [-0.39, 0.29) is 0 Å². The fraction of sp³-hybridized carbons (Fsp3) is 0.0500. The fourth-order valence-electron chi connectivity index (χ4n) is 7.43. The van der Waals surface area contributed by atoms with Crippen LogP contribution >= 0.6 is 0 Å². The van der Waals surface area contributed by atoms with Crippen molar-refractivity contribution >= 4 is 65.5 Å². The van der Waals surface area contributed by atoms with Gasteiger partial charge in [-0.05, 0) is 105 Å². The van der Waals surface area contributed by atoms with Gasteiger partial charge in [0, 0.05) is 0 Å². The lowest BCUT2D eigenvalue weighted by Crippen LogP contribution is -2.29. The number of hydrogen-bond acceptors (Lipinski definition) is 0. The third-order valence-electron chi connectivity index (χ3n) is 9.06. The highest BCUT2D eigenvalue weighted by molar-refractivity contribution is 6.29. The molecule has 0 aliphatic heterocycles. The Labute approximate surface area is 232 Å². The van der Waals surface area contributed by atoms with Crippen molar-refractivity contribution < 1.29 is 0 Å². The fourth-order valence-corrected chi connectivity index (χ4v) is 7.43. The van der Waals surface area contributed by atoms with E-state index in [1.165, 1.54) is 86.6 Å². The maximum Gasteiger partial charge on any atom is -0.00199 e. The molecule has 0 aromatic heterocycles. The first kappa shape index (κ1) is 21.9. The standard InChI is InChI=1S/C40H26/c1-2-15-29-25(10-1)11-8-20-30(29)39-31-16-3-5-18-33(31)40(34-19-6-4-17-32(34)39)36-24-28-14-7-12-26-22-23-27-13-9-21-35(36)38(27)37(26)28/h1-7,9-19,21-24H,8,20H2. The normalized spacial score (nSPS) is 13.4. The Morgan fingerprint density at radius 3 is 1.75 bits per heavy atom. The smallest absolute Gasteiger partial charge is 0.00199 e. The van der Waals surface area contributed by atoms with Gasteiger partial charge in [0.05, 0.1) is 0 Å². The lowest BCUT2D eigenvalue weighted by molar-refractivity contribution is 1.08. The van der Waals surface area contributed by atoms with Crippen LogP contribution in [0.2, 0.25) is 0 Å². The van der Waals surface area contributed by atoms with Crippen molar-refractivity contribution in [1.29, 1.82) is 0 Å². The Hall–Kier alpha value is -4.94. The van der Waals surface area contributed by atoms with Crippen LogP contribution in [0.25, 0.3) is 76.6 Å². The van der Waals surface area contributed by atoms with Gasteiger partial charge in [-0.1, -0.05) is 127 Å². The maximum atomic E-state index is 2.44. The summed E-state index contributed by atoms with van der Waals surface area (Å²) in [6, 6.07) is 47.6. The zero-order valence-electron chi connectivity index (χ0n) is 22.1. The van der Waals surface area contributed by atoms with Gasteiger partial charge in [-0.2, -0.15) is 0 Å². The van der Waals surface area contributed by atoms with Gasteiger partial charge in [-0.25, -0.2) is 0 Å². The molecule has 1 aliphatic rings. The molecule has 0 heterocycles. The number of fused-ring (bicyclic) bond motifs is 3. The molecule has 0 fully saturated rings. The van der Waals surface area contributed by atoms with E-state index in [1.807, 2.05) is 0 Å². The molecule has 0 amide bonds. The van der Waals surface area contributed by atoms with Crippen molar-refractivity contribution in [2.24, 2.45) is 0 Å². The number of benzene rings is 8. The van der Waals surface area contributed by atoms with E-state index in [9.17, 15) is 0 Å². The third-order valence-corrected chi connectivity index (χ3v) is 9.06. The largest absolute Gasteiger partial charge is 0.0763 e. The van der Waals surface area contributed by atoms with Gasteiger partial charge in [0.25, 0.3) is 0 Å². The van der Waals surface area contributed by atoms with Crippen molar-refractivity contribution in [2.75, 3.05) is 0 Å². The third kappa shape index (κ3) is 2.96. The van der Waals surface area contributed by atoms with E-state index in [1.54, 1.807) is 0 Å². The Morgan fingerprint density at radius 2 is 1.00 bits per heavy atom. The molecule has 0 saturated heterocycles. The molecular weight excluding hydrogens is 480 g/mol. The van der Waals surface area contributed by atoms with Crippen molar-refractivity contribution in [2.45, 2.75) is 12.8 Å². The first-order valence-electron chi connectivity index (χ1n) is 14.3. The zero-order valence-corrected chi connectivity index (χ0v) is 22.1. The predicted octanol–water partition coefficient (Wildman–Crippen LogP) is 9.33. The Kier molecular flexibility index (Phi) is 4.54. The minimum Gasteiger partial charge on any atom is -0.0763 e. The molecule has 1 aliphatic carbocycles. The van der Waals surface area contributed by atoms with Gasteiger partial charge >= 0.3 is 0 Å². The van der Waals surface area contributed by atoms with Gasteiger partial charge in [-0.15, -0.1) is 0 Å². The van der Waals surface area contributed by atoms with Gasteiger partial charge in [0.1, 0.15) is 0 Å². The SMILES string of the molecule is C1=c2ccccc2=C(c2c3ccccc3c(-c3cc4cccc5ccc6cccc3c6c54)c3ccccc23)CC1. The molecule has 0 unspecified atom stereocenters. The molecular formula is C40H26. The van der Waals surface area contributed by atoms with Gasteiger partial charge in [0.15, 0.2) is 0 Å². The first-order chi connectivity index (χ1) is 19.9. The van der Waals surface area contributed by atoms with E-state index in [4.69, 9.17) is 0 Å². The Balaban J connectivity index is 1.51. The van der Waals surface area contributed by atoms with Crippen LogP contribution in [0.5, 0.6) is 0 Å². The van der Waals surface area contributed by atoms with Gasteiger partial charge < -0.3 is 0 Å². The van der Waals surface area contributed by atoms with Crippen molar-refractivity contribution in [1.82, 2.24) is 0 Å². The van der Waals surface area contributed by atoms with Gasteiger partial charge in [-0.3, -0.25) is 0 Å². The summed E-state index contributed by atoms with van der Waals surface area (Å²) in [5.41, 5.74) is 5.52. The van der Waals surface area contributed by atoms with E-state index >= 15 is 0 Å². The van der Waals surface area contributed by atoms with Gasteiger partial charge in [0.2, 0.25) is 0 Å². The Morgan fingerprint density at radius 1 is 0.425 bits per heavy atom. The molecule has 0 saturated carbocycles. The summed E-state index contributed by atoms with van der Waals surface area (Å²) in [6.45, 7) is 0. The summed E-state index contributed by atoms with van der Waals surface area (Å²) in [4.78, 5) is 0. The van der Waals surface area contributed by atoms with Crippen LogP contribution in [-0.2, 0) is 0 Å². The molecule has 186 valence electrons. The summed E-state index contributed by atoms with van der Waals surface area (Å²) in [7, 11) is 0. The first-order valence-corrected chi connectivity index (χ1v) is 14.3. The lowest BCUT2D eigenvalue weighted by Gasteiger charge is -2.22. The summed E-state index contributed by atoms with van der Waals surface area (Å²) in [5, 5.41) is 16.0. The quantitative estimate of drug-likeness (QED) is 0.162. The average Bonchev–Trinajstić information content (AvgIpc) is 3.02. The maximum absolute atomic E-state index is 2.44. The summed E-state index contributed by atoms with van der Waals surface area (Å²) in [5.74, 6) is 0. The summed E-state index contributed by atoms with van der Waals surface area (Å²) < 4.78 is 0. The van der Waals surface area contributed by atoms with Crippen molar-refractivity contribution in [3.05, 3.63) is 143 Å². The number of hydrogen-bond donors (Lipinski definition) is 0. The van der Waals surface area contributed by atoms with Crippen LogP contribution in [0.15, 0.2) is 127 Å². The zero-order chi connectivity index (χ0) is 26.2. The van der Waals surface area contributed by atoms with Crippen LogP contribution in [0.1, 0.15) is 18.4 Å². The van der Waals surface area contributed by atoms with Crippen LogP contribution in [0.4, 0.5) is 0 Å². The molecule has 0 heteroatoms. The van der Waals surface area contributed by atoms with Crippen molar-refractivity contribution in [3.8, 4) is 11.1 Å². The topological polar surface area (TPSA) is 0 Å². The molecule has 0 atom stereocenters. The number of rotatable bonds is 2. The second kappa shape index (κ2) is 8.28. The average molecular weight is 507 g/mol. The van der Waals surface area contributed by atoms with E-state index in [0.29, 0.717) is 0 Å². The minimum atomic E-state index is 1.06. The lowest BCUT2D eigenvalue weighted by atomic mass is 9.81. The second-order valence-corrected chi connectivity index (χ2v) is 11.1. The highest BCUT2D eigenvalue weighted by atomic mass is 14.2. The second-order valence-electron chi connectivity index (χ2n) is 11.1. The predicted molar refractivity (Wildman–Crippen MR) is 172 cm³/mol. The molecule has 9 rings (SSSR count). The van der Waals surface area contributed by atoms with Crippen LogP contribution in [0, 0.1) is 0 Å². The van der Waals surface area contributed by atoms with Crippen LogP contribution in [-0.4, -0.2) is 0 Å². The van der Waals surface area contributed by atoms with Crippen LogP contribution < -0.4 is 10.4 Å². The van der Waals surface area contributed by atoms with E-state index < -0.39 is 0 Å². The molecule has 0 N–H and O–H groups in total. The molecule has 8 aromatic rings. The highest BCUT2D eigenvalue weighted by Crippen LogP contribution is 2.47. The molecule has 0 spiro atoms. The molecule has 8 aromatic carbocycles. The molecule has 0 radical (unpaired) electrons. The highest BCUT2D eigenvalue weighted by Gasteiger charge is 2.21. The minimum absolute atomic E-state index is 1.06. The monoisotopic (exact) mass is 506 g/mol. The molecule has 40 heavy (non-hydrogen) atoms.